The molecule has 3 heterocycles. The molecule has 0 aliphatic carbocycles. The summed E-state index contributed by atoms with van der Waals surface area (Å²) in [5.74, 6) is -1.35. The number of rotatable bonds is 7. The number of likely N-dealkylation sites (tertiary alicyclic amines) is 1. The average molecular weight is 591 g/mol. The standard InChI is InChI=1S/C28H32ClFN4O5S/c1-18(2)32-17-26-33(40(37,38)25-15-21(30)10-11-24(25)39-3)16-23(31-12-4-5-13-31)28(36)34(26)22(27(32)35)14-19-6-8-20(29)9-7-19/h6-11,15,17-18,22-23H,4-5,12-14,16H2,1-3H3. The van der Waals surface area contributed by atoms with Crippen LogP contribution in [0.4, 0.5) is 4.39 Å². The summed E-state index contributed by atoms with van der Waals surface area (Å²) >= 11 is 6.07. The molecule has 3 aliphatic heterocycles. The molecule has 9 nitrogen and oxygen atoms in total. The number of halogens is 2. The Hall–Kier alpha value is -3.15. The highest BCUT2D eigenvalue weighted by Gasteiger charge is 2.52. The Labute approximate surface area is 238 Å². The lowest BCUT2D eigenvalue weighted by atomic mass is 9.98. The predicted octanol–water partition coefficient (Wildman–Crippen LogP) is 3.45. The molecule has 3 aliphatic rings. The second-order valence-corrected chi connectivity index (χ2v) is 12.7. The Morgan fingerprint density at radius 2 is 1.73 bits per heavy atom. The van der Waals surface area contributed by atoms with Crippen LogP contribution in [0, 0.1) is 5.82 Å². The first-order valence-corrected chi connectivity index (χ1v) is 15.1. The van der Waals surface area contributed by atoms with Crippen molar-refractivity contribution in [2.45, 2.75) is 56.1 Å². The smallest absolute Gasteiger partial charge is 0.269 e. The van der Waals surface area contributed by atoms with Crippen LogP contribution in [0.2, 0.25) is 5.02 Å². The van der Waals surface area contributed by atoms with Gasteiger partial charge in [-0.2, -0.15) is 0 Å². The van der Waals surface area contributed by atoms with Gasteiger partial charge in [-0.15, -0.1) is 0 Å². The Kier molecular flexibility index (Phi) is 7.82. The zero-order valence-electron chi connectivity index (χ0n) is 22.6. The van der Waals surface area contributed by atoms with Crippen LogP contribution in [0.1, 0.15) is 32.3 Å². The fourth-order valence-electron chi connectivity index (χ4n) is 5.58. The number of nitrogens with zero attached hydrogens (tertiary/aromatic N) is 4. The summed E-state index contributed by atoms with van der Waals surface area (Å²) in [7, 11) is -3.12. The molecule has 0 aromatic heterocycles. The molecule has 214 valence electrons. The van der Waals surface area contributed by atoms with E-state index in [0.29, 0.717) is 18.1 Å². The molecule has 5 rings (SSSR count). The van der Waals surface area contributed by atoms with Crippen LogP contribution in [0.15, 0.2) is 59.4 Å². The number of carbonyl (C=O) groups is 2. The van der Waals surface area contributed by atoms with Gasteiger partial charge in [0.25, 0.3) is 10.0 Å². The SMILES string of the molecule is COc1ccc(F)cc1S(=O)(=O)N1CC(N2CCCC2)C(=O)N2C1=CN(C(C)C)C(=O)C2Cc1ccc(Cl)cc1. The van der Waals surface area contributed by atoms with Gasteiger partial charge in [0.2, 0.25) is 11.8 Å². The fourth-order valence-corrected chi connectivity index (χ4v) is 7.32. The highest BCUT2D eigenvalue weighted by molar-refractivity contribution is 7.89. The lowest BCUT2D eigenvalue weighted by Crippen LogP contribution is -2.67. The number of amides is 2. The molecular formula is C28H32ClFN4O5S. The summed E-state index contributed by atoms with van der Waals surface area (Å²) in [6.07, 6.45) is 3.34. The lowest BCUT2D eigenvalue weighted by Gasteiger charge is -2.50. The Morgan fingerprint density at radius 1 is 1.05 bits per heavy atom. The first kappa shape index (κ1) is 28.4. The fraction of sp³-hybridized carbons (Fsp3) is 0.429. The van der Waals surface area contributed by atoms with Crippen LogP contribution >= 0.6 is 11.6 Å². The maximum Gasteiger partial charge on any atom is 0.269 e. The van der Waals surface area contributed by atoms with Crippen molar-refractivity contribution < 1.29 is 27.1 Å². The molecular weight excluding hydrogens is 559 g/mol. The third kappa shape index (κ3) is 5.06. The van der Waals surface area contributed by atoms with Gasteiger partial charge in [-0.3, -0.25) is 19.4 Å². The minimum Gasteiger partial charge on any atom is -0.495 e. The second-order valence-electron chi connectivity index (χ2n) is 10.5. The minimum atomic E-state index is -4.43. The van der Waals surface area contributed by atoms with E-state index in [1.165, 1.54) is 29.2 Å². The molecule has 2 unspecified atom stereocenters. The van der Waals surface area contributed by atoms with Crippen molar-refractivity contribution in [2.24, 2.45) is 0 Å². The molecule has 2 atom stereocenters. The van der Waals surface area contributed by atoms with Gasteiger partial charge < -0.3 is 9.64 Å². The van der Waals surface area contributed by atoms with Crippen molar-refractivity contribution >= 4 is 33.4 Å². The maximum absolute atomic E-state index is 14.4. The van der Waals surface area contributed by atoms with Gasteiger partial charge >= 0.3 is 0 Å². The van der Waals surface area contributed by atoms with Crippen molar-refractivity contribution in [1.82, 2.24) is 19.0 Å². The van der Waals surface area contributed by atoms with Crippen LogP contribution in [0.25, 0.3) is 0 Å². The van der Waals surface area contributed by atoms with E-state index in [9.17, 15) is 22.4 Å². The first-order valence-electron chi connectivity index (χ1n) is 13.2. The number of methoxy groups -OCH3 is 1. The Balaban J connectivity index is 1.67. The number of fused-ring (bicyclic) bond motifs is 1. The van der Waals surface area contributed by atoms with Crippen LogP contribution in [0.3, 0.4) is 0 Å². The van der Waals surface area contributed by atoms with E-state index < -0.39 is 27.9 Å². The maximum atomic E-state index is 14.4. The number of hydrogen-bond donors (Lipinski definition) is 0. The largest absolute Gasteiger partial charge is 0.495 e. The Bertz CT molecular complexity index is 1440. The second kappa shape index (κ2) is 11.0. The molecule has 12 heteroatoms. The molecule has 2 amide bonds. The highest BCUT2D eigenvalue weighted by atomic mass is 35.5. The predicted molar refractivity (Wildman–Crippen MR) is 147 cm³/mol. The zero-order valence-corrected chi connectivity index (χ0v) is 24.2. The van der Waals surface area contributed by atoms with Gasteiger partial charge in [-0.25, -0.2) is 17.1 Å². The number of carbonyl (C=O) groups excluding carboxylic acids is 2. The van der Waals surface area contributed by atoms with Crippen LogP contribution in [0.5, 0.6) is 5.75 Å². The summed E-state index contributed by atoms with van der Waals surface area (Å²) in [4.78, 5) is 32.4. The van der Waals surface area contributed by atoms with Crippen LogP contribution in [-0.4, -0.2) is 84.1 Å². The van der Waals surface area contributed by atoms with Crippen LogP contribution in [-0.2, 0) is 26.0 Å². The topological polar surface area (TPSA) is 90.5 Å². The first-order chi connectivity index (χ1) is 19.0. The van der Waals surface area contributed by atoms with Gasteiger partial charge in [0.1, 0.15) is 34.4 Å². The molecule has 0 spiro atoms. The quantitative estimate of drug-likeness (QED) is 0.491. The van der Waals surface area contributed by atoms with E-state index in [1.54, 1.807) is 24.3 Å². The van der Waals surface area contributed by atoms with Crippen molar-refractivity contribution in [3.63, 3.8) is 0 Å². The molecule has 0 bridgehead atoms. The molecule has 2 fully saturated rings. The number of ether oxygens (including phenoxy) is 1. The molecule has 0 saturated carbocycles. The van der Waals surface area contributed by atoms with Gasteiger partial charge in [0.15, 0.2) is 0 Å². The van der Waals surface area contributed by atoms with Gasteiger partial charge in [-0.05, 0) is 75.7 Å². The molecule has 0 radical (unpaired) electrons. The summed E-state index contributed by atoms with van der Waals surface area (Å²) in [6, 6.07) is 8.17. The van der Waals surface area contributed by atoms with E-state index in [2.05, 4.69) is 0 Å². The molecule has 2 saturated heterocycles. The van der Waals surface area contributed by atoms with Crippen LogP contribution < -0.4 is 4.74 Å². The summed E-state index contributed by atoms with van der Waals surface area (Å²) < 4.78 is 49.3. The van der Waals surface area contributed by atoms with E-state index in [-0.39, 0.29) is 47.3 Å². The normalized spacial score (nSPS) is 22.1. The molecule has 2 aromatic rings. The average Bonchev–Trinajstić information content (AvgIpc) is 3.46. The molecule has 2 aromatic carbocycles. The number of sulfonamides is 1. The highest BCUT2D eigenvalue weighted by Crippen LogP contribution is 2.38. The van der Waals surface area contributed by atoms with E-state index >= 15 is 0 Å². The lowest BCUT2D eigenvalue weighted by molar-refractivity contribution is -0.152. The summed E-state index contributed by atoms with van der Waals surface area (Å²) in [5.41, 5.74) is 0.769. The van der Waals surface area contributed by atoms with Crippen molar-refractivity contribution in [1.29, 1.82) is 0 Å². The van der Waals surface area contributed by atoms with Crippen molar-refractivity contribution in [2.75, 3.05) is 26.7 Å². The van der Waals surface area contributed by atoms with E-state index in [0.717, 1.165) is 34.8 Å². The number of hydrogen-bond acceptors (Lipinski definition) is 6. The summed E-state index contributed by atoms with van der Waals surface area (Å²) in [6.45, 7) is 4.73. The van der Waals surface area contributed by atoms with E-state index in [4.69, 9.17) is 16.3 Å². The van der Waals surface area contributed by atoms with Gasteiger partial charge in [0, 0.05) is 23.7 Å². The van der Waals surface area contributed by atoms with Crippen molar-refractivity contribution in [3.05, 3.63) is 70.9 Å². The molecule has 0 N–H and O–H groups in total. The minimum absolute atomic E-state index is 0.0199. The third-order valence-corrected chi connectivity index (χ3v) is 9.69. The van der Waals surface area contributed by atoms with Gasteiger partial charge in [0.05, 0.1) is 13.7 Å². The molecule has 40 heavy (non-hydrogen) atoms. The number of benzene rings is 2. The van der Waals surface area contributed by atoms with E-state index in [1.807, 2.05) is 18.7 Å². The Morgan fingerprint density at radius 3 is 2.35 bits per heavy atom. The monoisotopic (exact) mass is 590 g/mol. The zero-order chi connectivity index (χ0) is 28.8. The third-order valence-electron chi connectivity index (χ3n) is 7.64. The van der Waals surface area contributed by atoms with Crippen molar-refractivity contribution in [3.8, 4) is 5.75 Å². The summed E-state index contributed by atoms with van der Waals surface area (Å²) in [5, 5.41) is 0.535. The van der Waals surface area contributed by atoms with Gasteiger partial charge in [-0.1, -0.05) is 23.7 Å².